The molecule has 3 heterocycles. The van der Waals surface area contributed by atoms with Gasteiger partial charge in [-0.2, -0.15) is 4.98 Å². The number of carbonyl (C=O) groups excluding carboxylic acids is 1. The lowest BCUT2D eigenvalue weighted by Gasteiger charge is -2.30. The molecule has 8 heteroatoms. The van der Waals surface area contributed by atoms with Crippen molar-refractivity contribution in [3.63, 3.8) is 0 Å². The summed E-state index contributed by atoms with van der Waals surface area (Å²) in [4.78, 5) is 19.5. The summed E-state index contributed by atoms with van der Waals surface area (Å²) in [6, 6.07) is 11.2. The van der Waals surface area contributed by atoms with Crippen LogP contribution in [0.15, 0.2) is 46.3 Å². The van der Waals surface area contributed by atoms with Crippen LogP contribution in [0.3, 0.4) is 0 Å². The predicted molar refractivity (Wildman–Crippen MR) is 100 cm³/mol. The summed E-state index contributed by atoms with van der Waals surface area (Å²) >= 11 is 1.41. The number of anilines is 1. The summed E-state index contributed by atoms with van der Waals surface area (Å²) in [5.41, 5.74) is 1.55. The lowest BCUT2D eigenvalue weighted by Crippen LogP contribution is -2.44. The Bertz CT molecular complexity index is 875. The third-order valence-electron chi connectivity index (χ3n) is 4.39. The number of hydrogen-bond acceptors (Lipinski definition) is 7. The molecule has 7 nitrogen and oxygen atoms in total. The Morgan fingerprint density at radius 1 is 1.35 bits per heavy atom. The van der Waals surface area contributed by atoms with E-state index in [-0.39, 0.29) is 11.9 Å². The maximum Gasteiger partial charge on any atom is 0.265 e. The van der Waals surface area contributed by atoms with E-state index in [2.05, 4.69) is 32.7 Å². The number of benzene rings is 1. The first-order valence-corrected chi connectivity index (χ1v) is 9.28. The Morgan fingerprint density at radius 3 is 2.92 bits per heavy atom. The van der Waals surface area contributed by atoms with Crippen LogP contribution in [0.1, 0.15) is 21.5 Å². The Hall–Kier alpha value is -2.55. The van der Waals surface area contributed by atoms with Gasteiger partial charge in [0.2, 0.25) is 0 Å². The largest absolute Gasteiger partial charge is 0.334 e. The fourth-order valence-corrected chi connectivity index (χ4v) is 3.50. The lowest BCUT2D eigenvalue weighted by atomic mass is 10.2. The third-order valence-corrected chi connectivity index (χ3v) is 5.25. The van der Waals surface area contributed by atoms with Gasteiger partial charge in [-0.1, -0.05) is 11.2 Å². The van der Waals surface area contributed by atoms with E-state index >= 15 is 0 Å². The van der Waals surface area contributed by atoms with Gasteiger partial charge in [0.15, 0.2) is 5.82 Å². The van der Waals surface area contributed by atoms with Crippen LogP contribution in [0.4, 0.5) is 5.69 Å². The molecule has 1 aliphatic rings. The normalized spacial score (nSPS) is 18.0. The number of carbonyl (C=O) groups is 1. The molecule has 1 fully saturated rings. The number of nitrogens with zero attached hydrogens (tertiary/aromatic N) is 3. The van der Waals surface area contributed by atoms with Crippen LogP contribution in [0.25, 0.3) is 11.5 Å². The highest BCUT2D eigenvalue weighted by Crippen LogP contribution is 2.24. The highest BCUT2D eigenvalue weighted by Gasteiger charge is 2.25. The van der Waals surface area contributed by atoms with E-state index in [9.17, 15) is 4.79 Å². The predicted octanol–water partition coefficient (Wildman–Crippen LogP) is 2.63. The molecule has 1 aromatic carbocycles. The number of rotatable bonds is 4. The van der Waals surface area contributed by atoms with Crippen LogP contribution in [0.5, 0.6) is 0 Å². The molecule has 1 atom stereocenters. The van der Waals surface area contributed by atoms with Gasteiger partial charge < -0.3 is 15.2 Å². The molecule has 0 spiro atoms. The smallest absolute Gasteiger partial charge is 0.265 e. The highest BCUT2D eigenvalue weighted by atomic mass is 32.1. The molecular weight excluding hydrogens is 350 g/mol. The van der Waals surface area contributed by atoms with E-state index in [0.29, 0.717) is 16.6 Å². The van der Waals surface area contributed by atoms with Crippen LogP contribution in [0, 0.1) is 0 Å². The number of amides is 1. The minimum absolute atomic E-state index is 0.110. The number of thiophene rings is 1. The summed E-state index contributed by atoms with van der Waals surface area (Å²) < 4.78 is 5.43. The van der Waals surface area contributed by atoms with Gasteiger partial charge in [-0.25, -0.2) is 0 Å². The minimum atomic E-state index is -0.110. The van der Waals surface area contributed by atoms with Crippen molar-refractivity contribution in [3.05, 3.63) is 52.5 Å². The zero-order valence-electron chi connectivity index (χ0n) is 14.3. The van der Waals surface area contributed by atoms with Gasteiger partial charge in [-0.15, -0.1) is 11.3 Å². The van der Waals surface area contributed by atoms with Crippen molar-refractivity contribution in [3.8, 4) is 11.5 Å². The molecule has 0 radical (unpaired) electrons. The minimum Gasteiger partial charge on any atom is -0.334 e. The third kappa shape index (κ3) is 3.52. The Kier molecular flexibility index (Phi) is 4.79. The van der Waals surface area contributed by atoms with Gasteiger partial charge in [0, 0.05) is 30.9 Å². The van der Waals surface area contributed by atoms with Crippen LogP contribution < -0.4 is 10.6 Å². The molecule has 2 aromatic heterocycles. The number of piperazine rings is 1. The molecule has 2 N–H and O–H groups in total. The number of hydrogen-bond donors (Lipinski definition) is 2. The van der Waals surface area contributed by atoms with E-state index in [4.69, 9.17) is 4.52 Å². The van der Waals surface area contributed by atoms with Gasteiger partial charge in [-0.05, 0) is 42.8 Å². The zero-order chi connectivity index (χ0) is 17.9. The Balaban J connectivity index is 1.46. The lowest BCUT2D eigenvalue weighted by molar-refractivity contribution is 0.103. The molecule has 0 bridgehead atoms. The first-order chi connectivity index (χ1) is 12.7. The Morgan fingerprint density at radius 2 is 2.19 bits per heavy atom. The summed E-state index contributed by atoms with van der Waals surface area (Å²) in [6.45, 7) is 2.73. The molecule has 26 heavy (non-hydrogen) atoms. The van der Waals surface area contributed by atoms with Gasteiger partial charge >= 0.3 is 0 Å². The van der Waals surface area contributed by atoms with Gasteiger partial charge in [-0.3, -0.25) is 9.69 Å². The molecule has 1 saturated heterocycles. The van der Waals surface area contributed by atoms with Gasteiger partial charge in [0.1, 0.15) is 0 Å². The number of aromatic nitrogens is 2. The van der Waals surface area contributed by atoms with E-state index < -0.39 is 0 Å². The molecule has 3 aromatic rings. The van der Waals surface area contributed by atoms with E-state index in [1.807, 2.05) is 35.7 Å². The standard InChI is InChI=1S/C18H19N5O2S/c1-23-9-8-19-11-14(23)16-21-18(25-22-16)12-4-6-13(7-5-12)20-17(24)15-3-2-10-26-15/h2-7,10,14,19H,8-9,11H2,1H3,(H,20,24). The van der Waals surface area contributed by atoms with Crippen molar-refractivity contribution in [2.75, 3.05) is 32.0 Å². The second-order valence-corrected chi connectivity index (χ2v) is 7.11. The van der Waals surface area contributed by atoms with E-state index in [1.165, 1.54) is 11.3 Å². The molecular formula is C18H19N5O2S. The molecule has 1 aliphatic heterocycles. The van der Waals surface area contributed by atoms with Crippen LogP contribution in [-0.2, 0) is 0 Å². The zero-order valence-corrected chi connectivity index (χ0v) is 15.1. The highest BCUT2D eigenvalue weighted by molar-refractivity contribution is 7.12. The van der Waals surface area contributed by atoms with Crippen LogP contribution >= 0.6 is 11.3 Å². The van der Waals surface area contributed by atoms with Gasteiger partial charge in [0.25, 0.3) is 11.8 Å². The molecule has 0 aliphatic carbocycles. The van der Waals surface area contributed by atoms with Crippen molar-refractivity contribution >= 4 is 22.9 Å². The quantitative estimate of drug-likeness (QED) is 0.736. The second kappa shape index (κ2) is 7.36. The fraction of sp³-hybridized carbons (Fsp3) is 0.278. The average molecular weight is 369 g/mol. The topological polar surface area (TPSA) is 83.3 Å². The maximum atomic E-state index is 12.1. The molecule has 1 unspecified atom stereocenters. The first-order valence-electron chi connectivity index (χ1n) is 8.40. The first kappa shape index (κ1) is 16.9. The van der Waals surface area contributed by atoms with Crippen molar-refractivity contribution in [1.29, 1.82) is 0 Å². The van der Waals surface area contributed by atoms with Crippen LogP contribution in [0.2, 0.25) is 0 Å². The average Bonchev–Trinajstić information content (AvgIpc) is 3.35. The molecule has 0 saturated carbocycles. The summed E-state index contributed by atoms with van der Waals surface area (Å²) in [6.07, 6.45) is 0. The summed E-state index contributed by atoms with van der Waals surface area (Å²) in [5.74, 6) is 1.06. The summed E-state index contributed by atoms with van der Waals surface area (Å²) in [5, 5.41) is 12.2. The van der Waals surface area contributed by atoms with E-state index in [0.717, 1.165) is 30.9 Å². The number of nitrogens with one attached hydrogen (secondary N) is 2. The van der Waals surface area contributed by atoms with Crippen molar-refractivity contribution in [1.82, 2.24) is 20.4 Å². The van der Waals surface area contributed by atoms with Gasteiger partial charge in [0.05, 0.1) is 10.9 Å². The SMILES string of the molecule is CN1CCNCC1c1noc(-c2ccc(NC(=O)c3cccs3)cc2)n1. The van der Waals surface area contributed by atoms with Crippen molar-refractivity contribution < 1.29 is 9.32 Å². The number of likely N-dealkylation sites (N-methyl/N-ethyl adjacent to an activating group) is 1. The van der Waals surface area contributed by atoms with Crippen molar-refractivity contribution in [2.24, 2.45) is 0 Å². The summed E-state index contributed by atoms with van der Waals surface area (Å²) in [7, 11) is 2.06. The second-order valence-electron chi connectivity index (χ2n) is 6.17. The van der Waals surface area contributed by atoms with Crippen LogP contribution in [-0.4, -0.2) is 47.6 Å². The fourth-order valence-electron chi connectivity index (χ4n) is 2.88. The maximum absolute atomic E-state index is 12.1. The monoisotopic (exact) mass is 369 g/mol. The van der Waals surface area contributed by atoms with Crippen molar-refractivity contribution in [2.45, 2.75) is 6.04 Å². The molecule has 1 amide bonds. The van der Waals surface area contributed by atoms with E-state index in [1.54, 1.807) is 6.07 Å². The Labute approximate surface area is 155 Å². The molecule has 4 rings (SSSR count). The molecule has 134 valence electrons.